The van der Waals surface area contributed by atoms with Crippen LogP contribution in [0.25, 0.3) is 10.9 Å². The molecule has 0 fully saturated rings. The normalized spacial score (nSPS) is 10.8. The molecule has 1 aromatic carbocycles. The minimum atomic E-state index is 0.536. The lowest BCUT2D eigenvalue weighted by Crippen LogP contribution is -2.01. The summed E-state index contributed by atoms with van der Waals surface area (Å²) in [6, 6.07) is 7.69. The molecule has 20 heavy (non-hydrogen) atoms. The fourth-order valence-corrected chi connectivity index (χ4v) is 2.11. The van der Waals surface area contributed by atoms with E-state index in [1.54, 1.807) is 12.4 Å². The van der Waals surface area contributed by atoms with E-state index in [0.29, 0.717) is 18.1 Å². The first-order valence-electron chi connectivity index (χ1n) is 6.58. The van der Waals surface area contributed by atoms with Crippen molar-refractivity contribution >= 4 is 22.3 Å². The number of fused-ring (bicyclic) bond motifs is 1. The number of nitrogen functional groups attached to an aromatic ring is 1. The van der Waals surface area contributed by atoms with Crippen LogP contribution in [0.2, 0.25) is 0 Å². The molecule has 3 N–H and O–H groups in total. The van der Waals surface area contributed by atoms with E-state index < -0.39 is 0 Å². The van der Waals surface area contributed by atoms with E-state index in [1.165, 1.54) is 0 Å². The summed E-state index contributed by atoms with van der Waals surface area (Å²) in [5, 5.41) is 4.31. The van der Waals surface area contributed by atoms with Gasteiger partial charge in [-0.15, -0.1) is 0 Å². The summed E-state index contributed by atoms with van der Waals surface area (Å²) >= 11 is 0. The number of aryl methyl sites for hydroxylation is 1. The van der Waals surface area contributed by atoms with E-state index in [2.05, 4.69) is 15.3 Å². The maximum atomic E-state index is 5.93. The second-order valence-electron chi connectivity index (χ2n) is 4.53. The van der Waals surface area contributed by atoms with Crippen LogP contribution >= 0.6 is 0 Å². The predicted octanol–water partition coefficient (Wildman–Crippen LogP) is 2.98. The maximum Gasteiger partial charge on any atom is 0.213 e. The van der Waals surface area contributed by atoms with E-state index in [4.69, 9.17) is 10.2 Å². The topological polar surface area (TPSA) is 77.0 Å². The SMILES string of the molecule is CCc1cnc(CNc2ccc(N)c3ncccc23)o1. The molecule has 2 heterocycles. The second-order valence-corrected chi connectivity index (χ2v) is 4.53. The summed E-state index contributed by atoms with van der Waals surface area (Å²) in [5.74, 6) is 1.57. The van der Waals surface area contributed by atoms with Crippen LogP contribution in [0.4, 0.5) is 11.4 Å². The van der Waals surface area contributed by atoms with E-state index in [9.17, 15) is 0 Å². The molecule has 3 aromatic rings. The number of oxazole rings is 1. The first kappa shape index (κ1) is 12.5. The summed E-state index contributed by atoms with van der Waals surface area (Å²) in [6.45, 7) is 2.57. The molecule has 0 amide bonds. The van der Waals surface area contributed by atoms with Crippen LogP contribution in [0.15, 0.2) is 41.1 Å². The highest BCUT2D eigenvalue weighted by Crippen LogP contribution is 2.26. The highest BCUT2D eigenvalue weighted by atomic mass is 16.4. The van der Waals surface area contributed by atoms with Crippen molar-refractivity contribution < 1.29 is 4.42 Å². The van der Waals surface area contributed by atoms with Gasteiger partial charge in [-0.3, -0.25) is 4.98 Å². The second kappa shape index (κ2) is 5.21. The molecule has 0 spiro atoms. The average molecular weight is 268 g/mol. The van der Waals surface area contributed by atoms with Crippen LogP contribution in [-0.4, -0.2) is 9.97 Å². The largest absolute Gasteiger partial charge is 0.444 e. The summed E-state index contributed by atoms with van der Waals surface area (Å²) in [6.07, 6.45) is 4.35. The van der Waals surface area contributed by atoms with Crippen molar-refractivity contribution in [2.45, 2.75) is 19.9 Å². The van der Waals surface area contributed by atoms with E-state index >= 15 is 0 Å². The Morgan fingerprint density at radius 2 is 2.15 bits per heavy atom. The molecule has 0 aliphatic rings. The Labute approximate surface area is 116 Å². The molecule has 0 saturated heterocycles. The van der Waals surface area contributed by atoms with Crippen LogP contribution in [0.1, 0.15) is 18.6 Å². The highest BCUT2D eigenvalue weighted by molar-refractivity contribution is 5.98. The van der Waals surface area contributed by atoms with Crippen LogP contribution in [-0.2, 0) is 13.0 Å². The number of nitrogens with two attached hydrogens (primary N) is 1. The number of aromatic nitrogens is 2. The van der Waals surface area contributed by atoms with Gasteiger partial charge >= 0.3 is 0 Å². The number of nitrogens with one attached hydrogen (secondary N) is 1. The molecular weight excluding hydrogens is 252 g/mol. The van der Waals surface area contributed by atoms with E-state index in [0.717, 1.165) is 28.8 Å². The lowest BCUT2D eigenvalue weighted by molar-refractivity contribution is 0.466. The minimum absolute atomic E-state index is 0.536. The van der Waals surface area contributed by atoms with Crippen LogP contribution in [0, 0.1) is 0 Å². The molecule has 0 radical (unpaired) electrons. The Balaban J connectivity index is 1.86. The van der Waals surface area contributed by atoms with Crippen LogP contribution in [0.5, 0.6) is 0 Å². The Morgan fingerprint density at radius 3 is 2.95 bits per heavy atom. The standard InChI is InChI=1S/C15H16N4O/c1-2-10-8-19-14(20-10)9-18-13-6-5-12(16)15-11(13)4-3-7-17-15/h3-8,18H,2,9,16H2,1H3. The molecule has 102 valence electrons. The quantitative estimate of drug-likeness (QED) is 0.711. The molecular formula is C15H16N4O. The Hall–Kier alpha value is -2.56. The van der Waals surface area contributed by atoms with Gasteiger partial charge in [0.25, 0.3) is 0 Å². The number of anilines is 2. The fourth-order valence-electron chi connectivity index (χ4n) is 2.11. The zero-order valence-electron chi connectivity index (χ0n) is 11.3. The minimum Gasteiger partial charge on any atom is -0.444 e. The lowest BCUT2D eigenvalue weighted by Gasteiger charge is -2.09. The van der Waals surface area contributed by atoms with Gasteiger partial charge in [0, 0.05) is 23.7 Å². The highest BCUT2D eigenvalue weighted by Gasteiger charge is 2.06. The third-order valence-electron chi connectivity index (χ3n) is 3.18. The first-order valence-corrected chi connectivity index (χ1v) is 6.58. The predicted molar refractivity (Wildman–Crippen MR) is 79.4 cm³/mol. The summed E-state index contributed by atoms with van der Waals surface area (Å²) in [4.78, 5) is 8.54. The monoisotopic (exact) mass is 268 g/mol. The van der Waals surface area contributed by atoms with Gasteiger partial charge in [0.2, 0.25) is 5.89 Å². The molecule has 0 atom stereocenters. The van der Waals surface area contributed by atoms with Crippen molar-refractivity contribution in [3.8, 4) is 0 Å². The van der Waals surface area contributed by atoms with Gasteiger partial charge in [-0.25, -0.2) is 4.98 Å². The van der Waals surface area contributed by atoms with Gasteiger partial charge in [-0.05, 0) is 24.3 Å². The molecule has 0 saturated carbocycles. The van der Waals surface area contributed by atoms with Gasteiger partial charge in [0.15, 0.2) is 0 Å². The van der Waals surface area contributed by atoms with Gasteiger partial charge in [-0.1, -0.05) is 6.92 Å². The molecule has 0 aliphatic heterocycles. The number of nitrogens with zero attached hydrogens (tertiary/aromatic N) is 2. The third kappa shape index (κ3) is 2.30. The van der Waals surface area contributed by atoms with Gasteiger partial charge in [0.1, 0.15) is 5.76 Å². The number of rotatable bonds is 4. The smallest absolute Gasteiger partial charge is 0.213 e. The average Bonchev–Trinajstić information content (AvgIpc) is 2.95. The first-order chi connectivity index (χ1) is 9.78. The van der Waals surface area contributed by atoms with Crippen molar-refractivity contribution in [1.29, 1.82) is 0 Å². The molecule has 3 rings (SSSR count). The molecule has 0 unspecified atom stereocenters. The number of pyridine rings is 1. The van der Waals surface area contributed by atoms with Crippen molar-refractivity contribution in [2.75, 3.05) is 11.1 Å². The van der Waals surface area contributed by atoms with Crippen molar-refractivity contribution in [3.05, 3.63) is 48.3 Å². The number of hydrogen-bond acceptors (Lipinski definition) is 5. The van der Waals surface area contributed by atoms with Crippen molar-refractivity contribution in [2.24, 2.45) is 0 Å². The zero-order chi connectivity index (χ0) is 13.9. The fraction of sp³-hybridized carbons (Fsp3) is 0.200. The number of benzene rings is 1. The summed E-state index contributed by atoms with van der Waals surface area (Å²) in [5.41, 5.74) is 8.38. The van der Waals surface area contributed by atoms with Gasteiger partial charge < -0.3 is 15.5 Å². The Morgan fingerprint density at radius 1 is 1.25 bits per heavy atom. The zero-order valence-corrected chi connectivity index (χ0v) is 11.3. The van der Waals surface area contributed by atoms with E-state index in [-0.39, 0.29) is 0 Å². The number of hydrogen-bond donors (Lipinski definition) is 2. The van der Waals surface area contributed by atoms with Crippen LogP contribution in [0.3, 0.4) is 0 Å². The third-order valence-corrected chi connectivity index (χ3v) is 3.18. The van der Waals surface area contributed by atoms with Crippen molar-refractivity contribution in [1.82, 2.24) is 9.97 Å². The molecule has 2 aromatic heterocycles. The Kier molecular flexibility index (Phi) is 3.25. The molecule has 0 aliphatic carbocycles. The van der Waals surface area contributed by atoms with Crippen LogP contribution < -0.4 is 11.1 Å². The molecule has 0 bridgehead atoms. The molecule has 5 heteroatoms. The Bertz CT molecular complexity index is 736. The summed E-state index contributed by atoms with van der Waals surface area (Å²) < 4.78 is 5.58. The lowest BCUT2D eigenvalue weighted by atomic mass is 10.1. The summed E-state index contributed by atoms with van der Waals surface area (Å²) in [7, 11) is 0. The van der Waals surface area contributed by atoms with Crippen molar-refractivity contribution in [3.63, 3.8) is 0 Å². The maximum absolute atomic E-state index is 5.93. The van der Waals surface area contributed by atoms with Gasteiger partial charge in [0.05, 0.1) is 23.9 Å². The molecule has 5 nitrogen and oxygen atoms in total. The van der Waals surface area contributed by atoms with E-state index in [1.807, 2.05) is 31.2 Å². The van der Waals surface area contributed by atoms with Gasteiger partial charge in [-0.2, -0.15) is 0 Å².